The van der Waals surface area contributed by atoms with Crippen LogP contribution in [-0.4, -0.2) is 70.7 Å². The summed E-state index contributed by atoms with van der Waals surface area (Å²) < 4.78 is 59.5. The fourth-order valence-electron chi connectivity index (χ4n) is 3.61. The average Bonchev–Trinajstić information content (AvgIpc) is 2.74. The Morgan fingerprint density at radius 2 is 1.68 bits per heavy atom. The Bertz CT molecular complexity index is 1300. The van der Waals surface area contributed by atoms with Gasteiger partial charge in [0.05, 0.1) is 22.1 Å². The molecule has 2 unspecified atom stereocenters. The zero-order valence-corrected chi connectivity index (χ0v) is 22.0. The Labute approximate surface area is 205 Å². The van der Waals surface area contributed by atoms with E-state index in [1.165, 1.54) is 48.7 Å². The van der Waals surface area contributed by atoms with Crippen molar-refractivity contribution in [1.29, 1.82) is 0 Å². The first-order valence-electron chi connectivity index (χ1n) is 10.5. The van der Waals surface area contributed by atoms with Crippen LogP contribution in [0.3, 0.4) is 0 Å². The zero-order valence-electron chi connectivity index (χ0n) is 19.6. The van der Waals surface area contributed by atoms with Crippen molar-refractivity contribution in [2.75, 3.05) is 32.5 Å². The van der Waals surface area contributed by atoms with E-state index in [4.69, 9.17) is 16.3 Å². The van der Waals surface area contributed by atoms with Crippen LogP contribution in [0.2, 0.25) is 5.02 Å². The molecule has 34 heavy (non-hydrogen) atoms. The number of carbonyl (C=O) groups is 1. The number of carbonyl (C=O) groups excluding carboxylic acids is 1. The molecular weight excluding hydrogens is 502 g/mol. The van der Waals surface area contributed by atoms with E-state index in [0.717, 1.165) is 4.31 Å². The van der Waals surface area contributed by atoms with Crippen molar-refractivity contribution >= 4 is 43.2 Å². The predicted molar refractivity (Wildman–Crippen MR) is 130 cm³/mol. The highest BCUT2D eigenvalue weighted by atomic mass is 35.5. The van der Waals surface area contributed by atoms with E-state index in [2.05, 4.69) is 5.32 Å². The largest absolute Gasteiger partial charge is 0.373 e. The second-order valence-electron chi connectivity index (χ2n) is 8.44. The highest BCUT2D eigenvalue weighted by molar-refractivity contribution is 7.89. The van der Waals surface area contributed by atoms with Gasteiger partial charge >= 0.3 is 0 Å². The number of hydrogen-bond donors (Lipinski definition) is 1. The number of sulfonamides is 2. The molecule has 2 aromatic carbocycles. The van der Waals surface area contributed by atoms with E-state index in [-0.39, 0.29) is 45.7 Å². The summed E-state index contributed by atoms with van der Waals surface area (Å²) in [7, 11) is -4.84. The molecule has 1 amide bonds. The fraction of sp³-hybridized carbons (Fsp3) is 0.409. The second-order valence-corrected chi connectivity index (χ2v) is 12.9. The summed E-state index contributed by atoms with van der Waals surface area (Å²) >= 11 is 6.22. The van der Waals surface area contributed by atoms with Crippen LogP contribution in [0.4, 0.5) is 5.69 Å². The third-order valence-corrected chi connectivity index (χ3v) is 9.56. The van der Waals surface area contributed by atoms with Gasteiger partial charge < -0.3 is 10.1 Å². The first kappa shape index (κ1) is 26.6. The lowest BCUT2D eigenvalue weighted by molar-refractivity contribution is -0.0440. The van der Waals surface area contributed by atoms with Gasteiger partial charge in [0.25, 0.3) is 5.91 Å². The number of rotatable bonds is 6. The van der Waals surface area contributed by atoms with Gasteiger partial charge in [0.1, 0.15) is 4.90 Å². The topological polar surface area (TPSA) is 113 Å². The number of nitrogens with zero attached hydrogens (tertiary/aromatic N) is 2. The van der Waals surface area contributed by atoms with Crippen LogP contribution in [0, 0.1) is 6.92 Å². The van der Waals surface area contributed by atoms with Gasteiger partial charge in [-0.05, 0) is 56.7 Å². The monoisotopic (exact) mass is 529 g/mol. The Morgan fingerprint density at radius 3 is 2.26 bits per heavy atom. The van der Waals surface area contributed by atoms with E-state index in [0.29, 0.717) is 11.3 Å². The van der Waals surface area contributed by atoms with Crippen LogP contribution in [0.1, 0.15) is 29.8 Å². The van der Waals surface area contributed by atoms with Gasteiger partial charge in [-0.15, -0.1) is 0 Å². The van der Waals surface area contributed by atoms with Crippen LogP contribution < -0.4 is 5.32 Å². The minimum atomic E-state index is -3.97. The van der Waals surface area contributed by atoms with Gasteiger partial charge in [0.15, 0.2) is 0 Å². The zero-order chi connectivity index (χ0) is 25.4. The van der Waals surface area contributed by atoms with Crippen molar-refractivity contribution in [2.45, 2.75) is 42.8 Å². The Balaban J connectivity index is 1.93. The fourth-order valence-corrected chi connectivity index (χ4v) is 6.63. The SMILES string of the molecule is Cc1ccc(S(=O)(=O)N(C)C)cc1NC(=O)c1ccc(Cl)c(S(=O)(=O)N2CC(C)OC(C)C2)c1. The number of morpholine rings is 1. The normalized spacial score (nSPS) is 19.9. The van der Waals surface area contributed by atoms with Gasteiger partial charge in [-0.2, -0.15) is 4.31 Å². The number of hydrogen-bond acceptors (Lipinski definition) is 6. The number of halogens is 1. The molecule has 9 nitrogen and oxygen atoms in total. The number of amides is 1. The van der Waals surface area contributed by atoms with Crippen LogP contribution in [-0.2, 0) is 24.8 Å². The summed E-state index contributed by atoms with van der Waals surface area (Å²) in [6, 6.07) is 8.41. The highest BCUT2D eigenvalue weighted by Gasteiger charge is 2.34. The minimum absolute atomic E-state index is 0.00129. The summed E-state index contributed by atoms with van der Waals surface area (Å²) in [5.41, 5.74) is 1.00. The van der Waals surface area contributed by atoms with Crippen molar-refractivity contribution in [3.63, 3.8) is 0 Å². The molecule has 2 aromatic rings. The number of anilines is 1. The van der Waals surface area contributed by atoms with Gasteiger partial charge in [0, 0.05) is 38.4 Å². The lowest BCUT2D eigenvalue weighted by atomic mass is 10.1. The highest BCUT2D eigenvalue weighted by Crippen LogP contribution is 2.29. The molecule has 12 heteroatoms. The summed E-state index contributed by atoms with van der Waals surface area (Å²) in [5, 5.41) is 2.67. The molecule has 1 fully saturated rings. The molecule has 1 aliphatic rings. The summed E-state index contributed by atoms with van der Waals surface area (Å²) in [5.74, 6) is -0.598. The van der Waals surface area contributed by atoms with Crippen molar-refractivity contribution < 1.29 is 26.4 Å². The van der Waals surface area contributed by atoms with Gasteiger partial charge in [-0.25, -0.2) is 21.1 Å². The van der Waals surface area contributed by atoms with Crippen LogP contribution in [0.5, 0.6) is 0 Å². The number of nitrogens with one attached hydrogen (secondary N) is 1. The van der Waals surface area contributed by atoms with E-state index < -0.39 is 26.0 Å². The third-order valence-electron chi connectivity index (χ3n) is 5.43. The molecule has 0 spiro atoms. The maximum atomic E-state index is 13.3. The standard InChI is InChI=1S/C22H28ClN3O6S2/c1-14-6-8-18(33(28,29)25(4)5)11-20(14)24-22(27)17-7-9-19(23)21(10-17)34(30,31)26-12-15(2)32-16(3)13-26/h6-11,15-16H,12-13H2,1-5H3,(H,24,27). The molecule has 1 saturated heterocycles. The van der Waals surface area contributed by atoms with Crippen molar-refractivity contribution in [3.05, 3.63) is 52.5 Å². The van der Waals surface area contributed by atoms with Crippen LogP contribution in [0.25, 0.3) is 0 Å². The first-order chi connectivity index (χ1) is 15.7. The molecule has 0 radical (unpaired) electrons. The first-order valence-corrected chi connectivity index (χ1v) is 13.8. The molecule has 1 heterocycles. The van der Waals surface area contributed by atoms with Crippen molar-refractivity contribution in [1.82, 2.24) is 8.61 Å². The molecule has 0 aliphatic carbocycles. The average molecular weight is 530 g/mol. The number of ether oxygens (including phenoxy) is 1. The minimum Gasteiger partial charge on any atom is -0.373 e. The Kier molecular flexibility index (Phi) is 7.76. The lowest BCUT2D eigenvalue weighted by Gasteiger charge is -2.34. The summed E-state index contributed by atoms with van der Waals surface area (Å²) in [4.78, 5) is 12.8. The van der Waals surface area contributed by atoms with Gasteiger partial charge in [0.2, 0.25) is 20.0 Å². The number of benzene rings is 2. The molecule has 3 rings (SSSR count). The van der Waals surface area contributed by atoms with Gasteiger partial charge in [-0.3, -0.25) is 4.79 Å². The van der Waals surface area contributed by atoms with Gasteiger partial charge in [-0.1, -0.05) is 17.7 Å². The van der Waals surface area contributed by atoms with E-state index in [9.17, 15) is 21.6 Å². The quantitative estimate of drug-likeness (QED) is 0.615. The molecule has 1 aliphatic heterocycles. The predicted octanol–water partition coefficient (Wildman–Crippen LogP) is 2.95. The van der Waals surface area contributed by atoms with E-state index in [1.807, 2.05) is 0 Å². The summed E-state index contributed by atoms with van der Waals surface area (Å²) in [6.45, 7) is 5.64. The van der Waals surface area contributed by atoms with Crippen molar-refractivity contribution in [3.8, 4) is 0 Å². The van der Waals surface area contributed by atoms with E-state index in [1.54, 1.807) is 26.8 Å². The van der Waals surface area contributed by atoms with E-state index >= 15 is 0 Å². The molecule has 1 N–H and O–H groups in total. The second kappa shape index (κ2) is 9.92. The van der Waals surface area contributed by atoms with Crippen LogP contribution in [0.15, 0.2) is 46.2 Å². The third kappa shape index (κ3) is 5.45. The smallest absolute Gasteiger partial charge is 0.255 e. The lowest BCUT2D eigenvalue weighted by Crippen LogP contribution is -2.48. The summed E-state index contributed by atoms with van der Waals surface area (Å²) in [6.07, 6.45) is -0.560. The van der Waals surface area contributed by atoms with Crippen molar-refractivity contribution in [2.24, 2.45) is 0 Å². The Morgan fingerprint density at radius 1 is 1.06 bits per heavy atom. The molecule has 186 valence electrons. The maximum Gasteiger partial charge on any atom is 0.255 e. The molecule has 0 bridgehead atoms. The molecule has 0 aromatic heterocycles. The molecular formula is C22H28ClN3O6S2. The number of aryl methyl sites for hydroxylation is 1. The maximum absolute atomic E-state index is 13.3. The Hall–Kier alpha value is -2.02. The van der Waals surface area contributed by atoms with Crippen LogP contribution >= 0.6 is 11.6 Å². The molecule has 2 atom stereocenters. The molecule has 0 saturated carbocycles.